The Labute approximate surface area is 146 Å². The fourth-order valence-electron chi connectivity index (χ4n) is 2.71. The van der Waals surface area contributed by atoms with E-state index in [-0.39, 0.29) is 11.9 Å². The van der Waals surface area contributed by atoms with Crippen LogP contribution in [0.15, 0.2) is 59.2 Å². The standard InChI is InChI=1S/C19H21N3O3/c23-18(12-14-4-1-2-5-14)21-15-7-9-16(10-8-15)22-19(24)20-13-17-6-3-11-25-17/h1,3-4,6-11,14H,2,5,12-13H2,(H,21,23)(H2,20,22,24)/t14-/m1/s1. The van der Waals surface area contributed by atoms with Crippen LogP contribution in [0.1, 0.15) is 25.0 Å². The van der Waals surface area contributed by atoms with Crippen LogP contribution in [0.25, 0.3) is 0 Å². The number of anilines is 2. The van der Waals surface area contributed by atoms with E-state index in [4.69, 9.17) is 4.42 Å². The van der Waals surface area contributed by atoms with Gasteiger partial charge in [-0.25, -0.2) is 4.79 Å². The van der Waals surface area contributed by atoms with E-state index in [1.165, 1.54) is 0 Å². The van der Waals surface area contributed by atoms with Gasteiger partial charge < -0.3 is 20.4 Å². The second kappa shape index (κ2) is 8.19. The summed E-state index contributed by atoms with van der Waals surface area (Å²) < 4.78 is 5.15. The summed E-state index contributed by atoms with van der Waals surface area (Å²) in [7, 11) is 0. The Kier molecular flexibility index (Phi) is 5.51. The summed E-state index contributed by atoms with van der Waals surface area (Å²) in [4.78, 5) is 23.8. The van der Waals surface area contributed by atoms with Crippen LogP contribution in [0.3, 0.4) is 0 Å². The van der Waals surface area contributed by atoms with Crippen molar-refractivity contribution in [3.63, 3.8) is 0 Å². The van der Waals surface area contributed by atoms with E-state index in [0.717, 1.165) is 12.8 Å². The largest absolute Gasteiger partial charge is 0.467 e. The van der Waals surface area contributed by atoms with Gasteiger partial charge in [-0.2, -0.15) is 0 Å². The highest BCUT2D eigenvalue weighted by Gasteiger charge is 2.14. The van der Waals surface area contributed by atoms with Crippen LogP contribution in [-0.2, 0) is 11.3 Å². The summed E-state index contributed by atoms with van der Waals surface area (Å²) in [5.74, 6) is 1.04. The third-order valence-corrected chi connectivity index (χ3v) is 3.99. The summed E-state index contributed by atoms with van der Waals surface area (Å²) in [6, 6.07) is 10.3. The molecular formula is C19H21N3O3. The third kappa shape index (κ3) is 5.24. The topological polar surface area (TPSA) is 83.4 Å². The van der Waals surface area contributed by atoms with Crippen LogP contribution in [-0.4, -0.2) is 11.9 Å². The van der Waals surface area contributed by atoms with E-state index in [1.807, 2.05) is 0 Å². The molecule has 1 heterocycles. The number of urea groups is 1. The predicted octanol–water partition coefficient (Wildman–Crippen LogP) is 3.90. The molecular weight excluding hydrogens is 318 g/mol. The summed E-state index contributed by atoms with van der Waals surface area (Å²) in [5.41, 5.74) is 1.36. The monoisotopic (exact) mass is 339 g/mol. The predicted molar refractivity (Wildman–Crippen MR) is 96.1 cm³/mol. The highest BCUT2D eigenvalue weighted by molar-refractivity contribution is 5.92. The molecule has 6 heteroatoms. The summed E-state index contributed by atoms with van der Waals surface area (Å²) in [6.07, 6.45) is 8.39. The Morgan fingerprint density at radius 1 is 1.08 bits per heavy atom. The lowest BCUT2D eigenvalue weighted by atomic mass is 10.1. The number of carbonyl (C=O) groups is 2. The average molecular weight is 339 g/mol. The quantitative estimate of drug-likeness (QED) is 0.698. The maximum atomic E-state index is 12.0. The van der Waals surface area contributed by atoms with Crippen LogP contribution in [0, 0.1) is 5.92 Å². The molecule has 1 atom stereocenters. The summed E-state index contributed by atoms with van der Waals surface area (Å²) in [5, 5.41) is 8.31. The minimum atomic E-state index is -0.318. The molecule has 0 bridgehead atoms. The molecule has 0 unspecified atom stereocenters. The van der Waals surface area contributed by atoms with Crippen molar-refractivity contribution in [1.82, 2.24) is 5.32 Å². The van der Waals surface area contributed by atoms with Gasteiger partial charge in [0.2, 0.25) is 5.91 Å². The zero-order valence-corrected chi connectivity index (χ0v) is 13.8. The van der Waals surface area contributed by atoms with E-state index in [9.17, 15) is 9.59 Å². The molecule has 3 rings (SSSR count). The van der Waals surface area contributed by atoms with Gasteiger partial charge in [0.15, 0.2) is 0 Å². The molecule has 1 aromatic carbocycles. The molecule has 0 radical (unpaired) electrons. The number of rotatable bonds is 6. The third-order valence-electron chi connectivity index (χ3n) is 3.99. The molecule has 3 amide bonds. The van der Waals surface area contributed by atoms with Crippen LogP contribution in [0.5, 0.6) is 0 Å². The second-order valence-corrected chi connectivity index (χ2v) is 5.98. The maximum Gasteiger partial charge on any atom is 0.319 e. The van der Waals surface area contributed by atoms with Crippen LogP contribution >= 0.6 is 0 Å². The first-order valence-electron chi connectivity index (χ1n) is 8.33. The van der Waals surface area contributed by atoms with Gasteiger partial charge in [0, 0.05) is 17.8 Å². The van der Waals surface area contributed by atoms with E-state index in [0.29, 0.717) is 36.0 Å². The number of hydrogen-bond acceptors (Lipinski definition) is 3. The number of hydrogen-bond donors (Lipinski definition) is 3. The first kappa shape index (κ1) is 16.8. The smallest absolute Gasteiger partial charge is 0.319 e. The molecule has 3 N–H and O–H groups in total. The number of furan rings is 1. The molecule has 130 valence electrons. The van der Waals surface area contributed by atoms with Gasteiger partial charge >= 0.3 is 6.03 Å². The van der Waals surface area contributed by atoms with Crippen LogP contribution in [0.2, 0.25) is 0 Å². The molecule has 1 aliphatic rings. The minimum absolute atomic E-state index is 0.00782. The highest BCUT2D eigenvalue weighted by Crippen LogP contribution is 2.21. The molecule has 0 saturated heterocycles. The Balaban J connectivity index is 1.44. The second-order valence-electron chi connectivity index (χ2n) is 5.98. The van der Waals surface area contributed by atoms with E-state index < -0.39 is 0 Å². The number of benzene rings is 1. The van der Waals surface area contributed by atoms with Gasteiger partial charge in [-0.1, -0.05) is 12.2 Å². The van der Waals surface area contributed by atoms with Crippen molar-refractivity contribution in [2.75, 3.05) is 10.6 Å². The number of nitrogens with one attached hydrogen (secondary N) is 3. The Hall–Kier alpha value is -3.02. The molecule has 0 saturated carbocycles. The van der Waals surface area contributed by atoms with Crippen molar-refractivity contribution < 1.29 is 14.0 Å². The van der Waals surface area contributed by atoms with E-state index in [2.05, 4.69) is 28.1 Å². The summed E-state index contributed by atoms with van der Waals surface area (Å²) >= 11 is 0. The van der Waals surface area contributed by atoms with Gasteiger partial charge in [0.05, 0.1) is 12.8 Å². The van der Waals surface area contributed by atoms with Crippen molar-refractivity contribution in [2.45, 2.75) is 25.8 Å². The SMILES string of the molecule is O=C(C[C@@H]1C=CCC1)Nc1ccc(NC(=O)NCc2ccco2)cc1. The fraction of sp³-hybridized carbons (Fsp3) is 0.263. The molecule has 0 fully saturated rings. The van der Waals surface area contributed by atoms with Gasteiger partial charge in [0.1, 0.15) is 5.76 Å². The molecule has 1 aliphatic carbocycles. The van der Waals surface area contributed by atoms with E-state index >= 15 is 0 Å². The molecule has 6 nitrogen and oxygen atoms in total. The molecule has 2 aromatic rings. The normalized spacial score (nSPS) is 15.8. The molecule has 0 spiro atoms. The first-order chi connectivity index (χ1) is 12.2. The summed E-state index contributed by atoms with van der Waals surface area (Å²) in [6.45, 7) is 0.322. The zero-order chi connectivity index (χ0) is 17.5. The van der Waals surface area contributed by atoms with Gasteiger partial charge in [-0.15, -0.1) is 0 Å². The van der Waals surface area contributed by atoms with Crippen molar-refractivity contribution in [1.29, 1.82) is 0 Å². The minimum Gasteiger partial charge on any atom is -0.467 e. The maximum absolute atomic E-state index is 12.0. The number of allylic oxidation sites excluding steroid dienone is 2. The fourth-order valence-corrected chi connectivity index (χ4v) is 2.71. The highest BCUT2D eigenvalue weighted by atomic mass is 16.3. The molecule has 0 aliphatic heterocycles. The van der Waals surface area contributed by atoms with Gasteiger partial charge in [-0.05, 0) is 55.2 Å². The van der Waals surface area contributed by atoms with E-state index in [1.54, 1.807) is 42.7 Å². The van der Waals surface area contributed by atoms with Crippen molar-refractivity contribution >= 4 is 23.3 Å². The van der Waals surface area contributed by atoms with Crippen molar-refractivity contribution in [3.05, 3.63) is 60.6 Å². The lowest BCUT2D eigenvalue weighted by Crippen LogP contribution is -2.27. The molecule has 1 aromatic heterocycles. The van der Waals surface area contributed by atoms with Crippen molar-refractivity contribution in [2.24, 2.45) is 5.92 Å². The number of amides is 3. The Morgan fingerprint density at radius 3 is 2.48 bits per heavy atom. The van der Waals surface area contributed by atoms with Crippen LogP contribution in [0.4, 0.5) is 16.2 Å². The Bertz CT molecular complexity index is 736. The van der Waals surface area contributed by atoms with Crippen LogP contribution < -0.4 is 16.0 Å². The Morgan fingerprint density at radius 2 is 1.84 bits per heavy atom. The lowest BCUT2D eigenvalue weighted by Gasteiger charge is -2.10. The van der Waals surface area contributed by atoms with Gasteiger partial charge in [-0.3, -0.25) is 4.79 Å². The van der Waals surface area contributed by atoms with Crippen molar-refractivity contribution in [3.8, 4) is 0 Å². The lowest BCUT2D eigenvalue weighted by molar-refractivity contribution is -0.116. The number of carbonyl (C=O) groups excluding carboxylic acids is 2. The zero-order valence-electron chi connectivity index (χ0n) is 13.8. The first-order valence-corrected chi connectivity index (χ1v) is 8.33. The van der Waals surface area contributed by atoms with Gasteiger partial charge in [0.25, 0.3) is 0 Å². The molecule has 25 heavy (non-hydrogen) atoms. The average Bonchev–Trinajstić information content (AvgIpc) is 3.28.